The smallest absolute Gasteiger partial charge is 0.522 e. The molecule has 0 amide bonds. The number of Topliss-reactive ketones (excluding diaryl/α,β-unsaturated/α-hetero) is 2. The minimum atomic E-state index is -5.40. The van der Waals surface area contributed by atoms with E-state index < -0.39 is 30.3 Å². The first-order valence-corrected chi connectivity index (χ1v) is 7.62. The van der Waals surface area contributed by atoms with Gasteiger partial charge in [-0.2, -0.15) is 26.3 Å². The number of hydrogen-bond donors (Lipinski definition) is 0. The molecule has 2 rings (SSSR count). The fraction of sp³-hybridized carbons (Fsp3) is 0.471. The maximum absolute atomic E-state index is 11.3. The Morgan fingerprint density at radius 1 is 1.00 bits per heavy atom. The molecule has 156 valence electrons. The van der Waals surface area contributed by atoms with Crippen LogP contribution < -0.4 is 4.90 Å². The molecule has 10 heteroatoms. The van der Waals surface area contributed by atoms with E-state index in [1.165, 1.54) is 11.3 Å². The summed E-state index contributed by atoms with van der Waals surface area (Å²) >= 11 is 0. The number of nitrogens with zero attached hydrogens (tertiary/aromatic N) is 1. The number of fused-ring (bicyclic) bond motifs is 1. The Bertz CT molecular complexity index is 646. The quantitative estimate of drug-likeness (QED) is 0.295. The first-order chi connectivity index (χ1) is 11.7. The molecule has 27 heavy (non-hydrogen) atoms. The largest absolute Gasteiger partial charge is 1.00 e. The van der Waals surface area contributed by atoms with Crippen LogP contribution in [0.1, 0.15) is 32.8 Å². The third-order valence-electron chi connectivity index (χ3n) is 3.68. The minimum Gasteiger partial charge on any atom is -0.522 e. The van der Waals surface area contributed by atoms with Crippen LogP contribution in [0.4, 0.5) is 32.0 Å². The number of rotatable bonds is 3. The Kier molecular flexibility index (Phi) is 8.58. The van der Waals surface area contributed by atoms with Gasteiger partial charge in [0.25, 0.3) is 0 Å². The van der Waals surface area contributed by atoms with Crippen molar-refractivity contribution >= 4 is 17.3 Å². The van der Waals surface area contributed by atoms with Gasteiger partial charge in [-0.1, -0.05) is 39.0 Å². The Labute approximate surface area is 163 Å². The molecule has 1 aromatic rings. The van der Waals surface area contributed by atoms with Crippen molar-refractivity contribution in [2.45, 2.75) is 45.0 Å². The van der Waals surface area contributed by atoms with Crippen molar-refractivity contribution in [3.05, 3.63) is 36.4 Å². The molecule has 1 aromatic carbocycles. The van der Waals surface area contributed by atoms with Gasteiger partial charge in [0.2, 0.25) is 11.6 Å². The van der Waals surface area contributed by atoms with Crippen LogP contribution in [-0.4, -0.2) is 30.5 Å². The summed E-state index contributed by atoms with van der Waals surface area (Å²) in [6.45, 7) is 10.1. The van der Waals surface area contributed by atoms with Gasteiger partial charge in [-0.25, -0.2) is 6.54 Å². The second-order valence-electron chi connectivity index (χ2n) is 6.17. The van der Waals surface area contributed by atoms with Gasteiger partial charge >= 0.3 is 29.4 Å². The average Bonchev–Trinajstić information content (AvgIpc) is 2.77. The van der Waals surface area contributed by atoms with Gasteiger partial charge < -0.3 is 4.90 Å². The van der Waals surface area contributed by atoms with E-state index in [0.717, 1.165) is 6.54 Å². The predicted molar refractivity (Wildman–Crippen MR) is 83.5 cm³/mol. The van der Waals surface area contributed by atoms with E-state index in [-0.39, 0.29) is 22.5 Å². The van der Waals surface area contributed by atoms with Crippen molar-refractivity contribution in [3.63, 3.8) is 0 Å². The van der Waals surface area contributed by atoms with E-state index >= 15 is 0 Å². The van der Waals surface area contributed by atoms with Crippen LogP contribution in [0.5, 0.6) is 0 Å². The van der Waals surface area contributed by atoms with Crippen LogP contribution in [0.3, 0.4) is 0 Å². The van der Waals surface area contributed by atoms with Crippen molar-refractivity contribution < 1.29 is 53.0 Å². The number of benzene rings is 1. The van der Waals surface area contributed by atoms with E-state index in [1.807, 2.05) is 0 Å². The van der Waals surface area contributed by atoms with Gasteiger partial charge in [-0.05, 0) is 18.2 Å². The van der Waals surface area contributed by atoms with E-state index in [9.17, 15) is 35.9 Å². The van der Waals surface area contributed by atoms with Crippen molar-refractivity contribution in [1.29, 1.82) is 0 Å². The van der Waals surface area contributed by atoms with Crippen molar-refractivity contribution in [3.8, 4) is 0 Å². The predicted octanol–water partition coefficient (Wildman–Crippen LogP) is 4.60. The third-order valence-corrected chi connectivity index (χ3v) is 3.68. The zero-order valence-electron chi connectivity index (χ0n) is 14.6. The van der Waals surface area contributed by atoms with Crippen molar-refractivity contribution in [2.75, 3.05) is 11.4 Å². The van der Waals surface area contributed by atoms with Gasteiger partial charge in [0.05, 0.1) is 6.42 Å². The first kappa shape index (κ1) is 25.5. The van der Waals surface area contributed by atoms with Gasteiger partial charge in [0, 0.05) is 5.69 Å². The monoisotopic (exact) mass is 445 g/mol. The zero-order chi connectivity index (χ0) is 20.3. The number of anilines is 1. The summed E-state index contributed by atoms with van der Waals surface area (Å²) in [7, 11) is 0. The Hall–Kier alpha value is -1.54. The number of likely N-dealkylation sites (N-methyl/N-ethyl adjacent to an activating group) is 1. The summed E-state index contributed by atoms with van der Waals surface area (Å²) in [5, 5.41) is 0. The molecule has 0 atom stereocenters. The van der Waals surface area contributed by atoms with Gasteiger partial charge in [-0.3, -0.25) is 9.59 Å². The number of carbonyl (C=O) groups excluding carboxylic acids is 2. The van der Waals surface area contributed by atoms with E-state index in [4.69, 9.17) is 0 Å². The number of halogens is 6. The van der Waals surface area contributed by atoms with E-state index in [0.29, 0.717) is 0 Å². The molecule has 1 aliphatic heterocycles. The van der Waals surface area contributed by atoms with Crippen LogP contribution in [0.2, 0.25) is 0 Å². The number of carbonyl (C=O) groups is 2. The third kappa shape index (κ3) is 6.84. The summed E-state index contributed by atoms with van der Waals surface area (Å²) in [6, 6.07) is 8.65. The molecule has 1 aliphatic rings. The average molecular weight is 446 g/mol. The minimum absolute atomic E-state index is 0. The van der Waals surface area contributed by atoms with E-state index in [1.54, 1.807) is 0 Å². The Morgan fingerprint density at radius 3 is 1.85 bits per heavy atom. The van der Waals surface area contributed by atoms with Crippen molar-refractivity contribution in [2.24, 2.45) is 0 Å². The Morgan fingerprint density at radius 2 is 1.44 bits per heavy atom. The summed E-state index contributed by atoms with van der Waals surface area (Å²) in [5.74, 6) is -5.40. The second kappa shape index (κ2) is 9.10. The summed E-state index contributed by atoms with van der Waals surface area (Å²) in [4.78, 5) is 22.1. The zero-order valence-corrected chi connectivity index (χ0v) is 15.6. The molecule has 0 fully saturated rings. The molecule has 0 radical (unpaired) electrons. The number of alkyl halides is 6. The normalized spacial score (nSPS) is 15.2. The molecule has 0 N–H and O–H groups in total. The van der Waals surface area contributed by atoms with Crippen molar-refractivity contribution in [1.82, 2.24) is 0 Å². The second-order valence-corrected chi connectivity index (χ2v) is 6.17. The number of para-hydroxylation sites is 1. The SMILES string of the molecule is CCN1[CH-]C(C)(C)c2ccccc21.O=C(CC(=O)C(F)(F)F)C(F)(F)F.[Cu+]. The standard InChI is InChI=1S/C12H16N.C5H2F6O2.Cu/c1-4-13-9-12(2,3)10-7-5-6-8-11(10)13;6-4(7,8)2(12)1-3(13)5(9,10)11;/h5-9H,4H2,1-3H3;1H2;/q-1;;+1. The molecule has 1 heterocycles. The molecule has 0 saturated carbocycles. The Balaban J connectivity index is 0.000000483. The van der Waals surface area contributed by atoms with Gasteiger partial charge in [-0.15, -0.1) is 5.41 Å². The molecule has 0 aromatic heterocycles. The van der Waals surface area contributed by atoms with Gasteiger partial charge in [0.1, 0.15) is 0 Å². The maximum atomic E-state index is 11.3. The first-order valence-electron chi connectivity index (χ1n) is 7.62. The van der Waals surface area contributed by atoms with Crippen LogP contribution in [0.15, 0.2) is 24.3 Å². The maximum Gasteiger partial charge on any atom is 1.00 e. The fourth-order valence-corrected chi connectivity index (χ4v) is 2.41. The molecule has 0 spiro atoms. The molecule has 0 bridgehead atoms. The fourth-order valence-electron chi connectivity index (χ4n) is 2.41. The summed E-state index contributed by atoms with van der Waals surface area (Å²) < 4.78 is 68.0. The molecule has 0 unspecified atom stereocenters. The van der Waals surface area contributed by atoms with E-state index in [2.05, 4.69) is 56.5 Å². The number of ketones is 2. The molecular formula is C17H18CuF6NO2. The molecule has 0 saturated heterocycles. The summed E-state index contributed by atoms with van der Waals surface area (Å²) in [5.41, 5.74) is 3.01. The van der Waals surface area contributed by atoms with Crippen LogP contribution in [-0.2, 0) is 32.1 Å². The summed E-state index contributed by atoms with van der Waals surface area (Å²) in [6.07, 6.45) is -13.0. The van der Waals surface area contributed by atoms with Crippen LogP contribution >= 0.6 is 0 Å². The van der Waals surface area contributed by atoms with Crippen LogP contribution in [0.25, 0.3) is 0 Å². The topological polar surface area (TPSA) is 37.4 Å². The molecule has 0 aliphatic carbocycles. The number of hydrogen-bond acceptors (Lipinski definition) is 3. The molecule has 3 nitrogen and oxygen atoms in total. The van der Waals surface area contributed by atoms with Gasteiger partial charge in [0.15, 0.2) is 0 Å². The molecular weight excluding hydrogens is 428 g/mol. The van der Waals surface area contributed by atoms with Crippen LogP contribution in [0, 0.1) is 6.54 Å².